The van der Waals surface area contributed by atoms with Gasteiger partial charge >= 0.3 is 5.97 Å². The lowest BCUT2D eigenvalue weighted by Gasteiger charge is -2.32. The molecule has 1 saturated carbocycles. The average Bonchev–Trinajstić information content (AvgIpc) is 2.25. The van der Waals surface area contributed by atoms with Gasteiger partial charge in [-0.05, 0) is 38.6 Å². The van der Waals surface area contributed by atoms with Crippen LogP contribution >= 0.6 is 0 Å². The van der Waals surface area contributed by atoms with Gasteiger partial charge in [0.15, 0.2) is 0 Å². The van der Waals surface area contributed by atoms with Crippen molar-refractivity contribution >= 4 is 5.97 Å². The summed E-state index contributed by atoms with van der Waals surface area (Å²) in [6.07, 6.45) is 2.37. The Morgan fingerprint density at radius 2 is 2.22 bits per heavy atom. The molecule has 0 amide bonds. The van der Waals surface area contributed by atoms with Crippen LogP contribution in [0, 0.1) is 5.92 Å². The number of carboxylic acids is 1. The molecule has 3 nitrogen and oxygen atoms in total. The summed E-state index contributed by atoms with van der Waals surface area (Å²) in [5, 5.41) is 12.2. The van der Waals surface area contributed by atoms with Crippen molar-refractivity contribution in [2.24, 2.45) is 5.92 Å². The van der Waals surface area contributed by atoms with Crippen LogP contribution in [-0.4, -0.2) is 29.1 Å². The molecule has 5 heteroatoms. The zero-order valence-corrected chi connectivity index (χ0v) is 11.1. The number of hydrogen-bond donors (Lipinski definition) is 2. The van der Waals surface area contributed by atoms with Crippen LogP contribution in [0.3, 0.4) is 0 Å². The summed E-state index contributed by atoms with van der Waals surface area (Å²) in [6.45, 7) is 3.90. The Kier molecular flexibility index (Phi) is 5.08. The van der Waals surface area contributed by atoms with Crippen molar-refractivity contribution in [3.8, 4) is 0 Å². The normalized spacial score (nSPS) is 26.6. The molecule has 0 spiro atoms. The monoisotopic (exact) mass is 263 g/mol. The van der Waals surface area contributed by atoms with E-state index in [9.17, 15) is 18.7 Å². The van der Waals surface area contributed by atoms with Gasteiger partial charge in [0.1, 0.15) is 5.54 Å². The molecule has 0 heterocycles. The summed E-state index contributed by atoms with van der Waals surface area (Å²) < 4.78 is 26.5. The number of hydrogen-bond acceptors (Lipinski definition) is 2. The van der Waals surface area contributed by atoms with E-state index >= 15 is 0 Å². The molecule has 0 aromatic carbocycles. The van der Waals surface area contributed by atoms with Crippen molar-refractivity contribution in [1.29, 1.82) is 0 Å². The van der Waals surface area contributed by atoms with E-state index in [1.54, 1.807) is 6.92 Å². The fourth-order valence-electron chi connectivity index (χ4n) is 2.59. The molecular formula is C13H23F2NO2. The topological polar surface area (TPSA) is 49.3 Å². The molecule has 0 aliphatic heterocycles. The summed E-state index contributed by atoms with van der Waals surface area (Å²) in [7, 11) is 0. The number of carboxylic acid groups (broad SMARTS) is 1. The highest BCUT2D eigenvalue weighted by Crippen LogP contribution is 2.36. The van der Waals surface area contributed by atoms with Gasteiger partial charge in [0.25, 0.3) is 0 Å². The molecule has 0 radical (unpaired) electrons. The third kappa shape index (κ3) is 4.19. The number of alkyl halides is 2. The first-order valence-corrected chi connectivity index (χ1v) is 6.65. The molecule has 1 rings (SSSR count). The molecule has 0 aromatic heterocycles. The van der Waals surface area contributed by atoms with Crippen LogP contribution in [0.4, 0.5) is 8.78 Å². The Labute approximate surface area is 107 Å². The van der Waals surface area contributed by atoms with Gasteiger partial charge in [-0.15, -0.1) is 0 Å². The maximum Gasteiger partial charge on any atom is 0.323 e. The van der Waals surface area contributed by atoms with Gasteiger partial charge in [-0.1, -0.05) is 13.3 Å². The first-order valence-electron chi connectivity index (χ1n) is 6.65. The van der Waals surface area contributed by atoms with E-state index < -0.39 is 17.4 Å². The highest BCUT2D eigenvalue weighted by Gasteiger charge is 2.38. The van der Waals surface area contributed by atoms with Crippen LogP contribution in [0.15, 0.2) is 0 Å². The fraction of sp³-hybridized carbons (Fsp3) is 0.923. The quantitative estimate of drug-likeness (QED) is 0.774. The average molecular weight is 263 g/mol. The molecule has 2 N–H and O–H groups in total. The number of aliphatic carboxylic acids is 1. The Bertz CT molecular complexity index is 297. The van der Waals surface area contributed by atoms with Crippen LogP contribution in [0.25, 0.3) is 0 Å². The minimum absolute atomic E-state index is 0.0331. The van der Waals surface area contributed by atoms with E-state index in [1.807, 2.05) is 6.92 Å². The molecule has 1 aliphatic carbocycles. The van der Waals surface area contributed by atoms with Crippen molar-refractivity contribution in [1.82, 2.24) is 5.32 Å². The van der Waals surface area contributed by atoms with Crippen molar-refractivity contribution < 1.29 is 18.7 Å². The Balaban J connectivity index is 2.50. The van der Waals surface area contributed by atoms with E-state index in [4.69, 9.17) is 0 Å². The summed E-state index contributed by atoms with van der Waals surface area (Å²) in [5.41, 5.74) is -0.999. The maximum atomic E-state index is 13.2. The number of rotatable bonds is 6. The van der Waals surface area contributed by atoms with Crippen molar-refractivity contribution in [2.75, 3.05) is 6.54 Å². The van der Waals surface area contributed by atoms with Crippen LogP contribution in [-0.2, 0) is 4.79 Å². The number of carbonyl (C=O) groups is 1. The molecular weight excluding hydrogens is 240 g/mol. The Morgan fingerprint density at radius 1 is 1.56 bits per heavy atom. The van der Waals surface area contributed by atoms with E-state index in [1.165, 1.54) is 0 Å². The summed E-state index contributed by atoms with van der Waals surface area (Å²) >= 11 is 0. The second-order valence-electron chi connectivity index (χ2n) is 5.59. The van der Waals surface area contributed by atoms with Crippen LogP contribution in [0.1, 0.15) is 52.4 Å². The molecule has 1 fully saturated rings. The van der Waals surface area contributed by atoms with Crippen molar-refractivity contribution in [2.45, 2.75) is 63.8 Å². The molecule has 0 aromatic rings. The zero-order valence-electron chi connectivity index (χ0n) is 11.1. The summed E-state index contributed by atoms with van der Waals surface area (Å²) in [4.78, 5) is 11.2. The molecule has 0 saturated heterocycles. The second kappa shape index (κ2) is 5.95. The Hall–Kier alpha value is -0.710. The highest BCUT2D eigenvalue weighted by molar-refractivity contribution is 5.78. The van der Waals surface area contributed by atoms with Gasteiger partial charge in [0.2, 0.25) is 5.92 Å². The van der Waals surface area contributed by atoms with Gasteiger partial charge in [-0.25, -0.2) is 8.78 Å². The Morgan fingerprint density at radius 3 is 2.72 bits per heavy atom. The third-order valence-electron chi connectivity index (χ3n) is 3.75. The fourth-order valence-corrected chi connectivity index (χ4v) is 2.59. The molecule has 18 heavy (non-hydrogen) atoms. The highest BCUT2D eigenvalue weighted by atomic mass is 19.3. The van der Waals surface area contributed by atoms with E-state index in [-0.39, 0.29) is 18.8 Å². The molecule has 106 valence electrons. The first-order chi connectivity index (χ1) is 8.29. The third-order valence-corrected chi connectivity index (χ3v) is 3.75. The molecule has 2 unspecified atom stereocenters. The largest absolute Gasteiger partial charge is 0.480 e. The number of nitrogens with one attached hydrogen (secondary N) is 1. The lowest BCUT2D eigenvalue weighted by molar-refractivity contribution is -0.144. The molecule has 2 atom stereocenters. The molecule has 1 aliphatic rings. The predicted octanol–water partition coefficient (Wildman–Crippen LogP) is 3.04. The van der Waals surface area contributed by atoms with Gasteiger partial charge in [-0.3, -0.25) is 4.79 Å². The lowest BCUT2D eigenvalue weighted by atomic mass is 9.85. The van der Waals surface area contributed by atoms with Gasteiger partial charge < -0.3 is 10.4 Å². The van der Waals surface area contributed by atoms with Crippen molar-refractivity contribution in [3.63, 3.8) is 0 Å². The van der Waals surface area contributed by atoms with Crippen molar-refractivity contribution in [3.05, 3.63) is 0 Å². The van der Waals surface area contributed by atoms with Crippen LogP contribution < -0.4 is 5.32 Å². The lowest BCUT2D eigenvalue weighted by Crippen LogP contribution is -2.51. The van der Waals surface area contributed by atoms with E-state index in [0.29, 0.717) is 19.4 Å². The minimum atomic E-state index is -2.57. The van der Waals surface area contributed by atoms with E-state index in [2.05, 4.69) is 5.32 Å². The second-order valence-corrected chi connectivity index (χ2v) is 5.59. The summed E-state index contributed by atoms with van der Waals surface area (Å²) in [6, 6.07) is 0. The summed E-state index contributed by atoms with van der Waals surface area (Å²) in [5.74, 6) is -3.61. The maximum absolute atomic E-state index is 13.2. The molecule has 0 bridgehead atoms. The smallest absolute Gasteiger partial charge is 0.323 e. The van der Waals surface area contributed by atoms with Gasteiger partial charge in [0, 0.05) is 12.8 Å². The minimum Gasteiger partial charge on any atom is -0.480 e. The zero-order chi connectivity index (χ0) is 13.8. The number of halogens is 2. The SMILES string of the molecule is CCCC(C)(NCC1CCCC(F)(F)C1)C(=O)O. The predicted molar refractivity (Wildman–Crippen MR) is 65.9 cm³/mol. The van der Waals surface area contributed by atoms with Crippen LogP contribution in [0.5, 0.6) is 0 Å². The van der Waals surface area contributed by atoms with Crippen LogP contribution in [0.2, 0.25) is 0 Å². The van der Waals surface area contributed by atoms with Gasteiger partial charge in [-0.2, -0.15) is 0 Å². The van der Waals surface area contributed by atoms with Gasteiger partial charge in [0.05, 0.1) is 0 Å². The van der Waals surface area contributed by atoms with E-state index in [0.717, 1.165) is 12.8 Å². The standard InChI is InChI=1S/C13H23F2NO2/c1-3-6-12(2,11(17)18)16-9-10-5-4-7-13(14,15)8-10/h10,16H,3-9H2,1-2H3,(H,17,18). The first kappa shape index (κ1) is 15.3.